The Kier molecular flexibility index (Phi) is 6.65. The fraction of sp³-hybridized carbons (Fsp3) is 0.259. The average molecular weight is 507 g/mol. The van der Waals surface area contributed by atoms with Crippen LogP contribution in [0.5, 0.6) is 5.75 Å². The number of anilines is 1. The Balaban J connectivity index is 1.31. The van der Waals surface area contributed by atoms with Crippen molar-refractivity contribution in [2.24, 2.45) is 0 Å². The normalized spacial score (nSPS) is 15.8. The number of piperazine rings is 1. The Morgan fingerprint density at radius 2 is 1.94 bits per heavy atom. The number of hydrogen-bond acceptors (Lipinski definition) is 4. The molecule has 0 saturated carbocycles. The molecule has 2 aromatic carbocycles. The Hall–Kier alpha value is -3.85. The fourth-order valence-electron chi connectivity index (χ4n) is 4.61. The number of halogens is 1. The largest absolute Gasteiger partial charge is 0.497 e. The molecule has 4 aromatic rings. The van der Waals surface area contributed by atoms with E-state index in [4.69, 9.17) is 4.74 Å². The fourth-order valence-corrected chi connectivity index (χ4v) is 5.50. The van der Waals surface area contributed by atoms with E-state index in [1.165, 1.54) is 17.4 Å². The highest BCUT2D eigenvalue weighted by Gasteiger charge is 2.32. The molecule has 0 radical (unpaired) electrons. The van der Waals surface area contributed by atoms with Crippen molar-refractivity contribution in [3.8, 4) is 5.75 Å². The number of hydrogen-bond donors (Lipinski definition) is 1. The molecule has 186 valence electrons. The maximum Gasteiger partial charge on any atom is 0.322 e. The summed E-state index contributed by atoms with van der Waals surface area (Å²) in [4.78, 5) is 31.0. The zero-order chi connectivity index (χ0) is 25.2. The first-order valence-electron chi connectivity index (χ1n) is 11.8. The molecule has 5 rings (SSSR count). The highest BCUT2D eigenvalue weighted by Crippen LogP contribution is 2.28. The summed E-state index contributed by atoms with van der Waals surface area (Å²) < 4.78 is 21.5. The number of fused-ring (bicyclic) bond motifs is 1. The first kappa shape index (κ1) is 23.9. The van der Waals surface area contributed by atoms with Gasteiger partial charge >= 0.3 is 6.03 Å². The minimum absolute atomic E-state index is 0.116. The van der Waals surface area contributed by atoms with Crippen LogP contribution in [0.1, 0.15) is 23.0 Å². The molecule has 1 saturated heterocycles. The van der Waals surface area contributed by atoms with Crippen molar-refractivity contribution < 1.29 is 18.7 Å². The number of ether oxygens (including phenoxy) is 1. The lowest BCUT2D eigenvalue weighted by Crippen LogP contribution is -2.56. The Morgan fingerprint density at radius 1 is 1.11 bits per heavy atom. The third-order valence-electron chi connectivity index (χ3n) is 6.50. The first-order chi connectivity index (χ1) is 17.4. The quantitative estimate of drug-likeness (QED) is 0.401. The van der Waals surface area contributed by atoms with Crippen molar-refractivity contribution in [1.29, 1.82) is 0 Å². The smallest absolute Gasteiger partial charge is 0.322 e. The van der Waals surface area contributed by atoms with E-state index in [-0.39, 0.29) is 30.3 Å². The highest BCUT2D eigenvalue weighted by molar-refractivity contribution is 7.16. The van der Waals surface area contributed by atoms with Crippen LogP contribution in [0.15, 0.2) is 66.0 Å². The van der Waals surface area contributed by atoms with Crippen molar-refractivity contribution in [1.82, 2.24) is 14.4 Å². The van der Waals surface area contributed by atoms with E-state index in [1.54, 1.807) is 47.2 Å². The lowest BCUT2D eigenvalue weighted by Gasteiger charge is -2.39. The van der Waals surface area contributed by atoms with E-state index in [1.807, 2.05) is 41.1 Å². The molecule has 0 bridgehead atoms. The van der Waals surface area contributed by atoms with E-state index in [9.17, 15) is 14.0 Å². The lowest BCUT2D eigenvalue weighted by atomic mass is 10.1. The standard InChI is InChI=1S/C27H27FN4O3S/c1-18-16-30(11-12-31(18)27(34)29-21-7-5-8-22(15-21)35-2)25(33)24-14-19-10-13-36-26(19)32(24)17-20-6-3-4-9-23(20)28/h3-10,13-15,18H,11-12,16-17H2,1-2H3,(H,29,34)/t18-/m0/s1. The monoisotopic (exact) mass is 506 g/mol. The van der Waals surface area contributed by atoms with Gasteiger partial charge in [0.25, 0.3) is 5.91 Å². The molecule has 3 amide bonds. The molecule has 1 fully saturated rings. The number of amides is 3. The highest BCUT2D eigenvalue weighted by atomic mass is 32.1. The number of aromatic nitrogens is 1. The number of carbonyl (C=O) groups is 2. The van der Waals surface area contributed by atoms with Gasteiger partial charge in [0, 0.05) is 48.4 Å². The Morgan fingerprint density at radius 3 is 2.72 bits per heavy atom. The van der Waals surface area contributed by atoms with Crippen LogP contribution in [0.4, 0.5) is 14.9 Å². The van der Waals surface area contributed by atoms with Crippen molar-refractivity contribution in [2.75, 3.05) is 32.1 Å². The number of benzene rings is 2. The van der Waals surface area contributed by atoms with Crippen molar-refractivity contribution in [3.63, 3.8) is 0 Å². The van der Waals surface area contributed by atoms with Crippen LogP contribution in [0.3, 0.4) is 0 Å². The van der Waals surface area contributed by atoms with Crippen LogP contribution in [-0.4, -0.2) is 59.1 Å². The van der Waals surface area contributed by atoms with Crippen LogP contribution >= 0.6 is 11.3 Å². The number of methoxy groups -OCH3 is 1. The number of thiophene rings is 1. The van der Waals surface area contributed by atoms with Crippen molar-refractivity contribution in [2.45, 2.75) is 19.5 Å². The molecule has 3 heterocycles. The summed E-state index contributed by atoms with van der Waals surface area (Å²) >= 11 is 1.53. The predicted octanol–water partition coefficient (Wildman–Crippen LogP) is 5.28. The zero-order valence-corrected chi connectivity index (χ0v) is 20.9. The molecule has 0 unspecified atom stereocenters. The molecule has 1 aliphatic heterocycles. The van der Waals surface area contributed by atoms with Crippen LogP contribution in [0.25, 0.3) is 10.2 Å². The van der Waals surface area contributed by atoms with Crippen LogP contribution in [0, 0.1) is 5.82 Å². The van der Waals surface area contributed by atoms with Crippen molar-refractivity contribution in [3.05, 3.63) is 83.1 Å². The Labute approximate surface area is 212 Å². The molecule has 7 nitrogen and oxygen atoms in total. The second-order valence-corrected chi connectivity index (χ2v) is 9.74. The second kappa shape index (κ2) is 10.0. The third-order valence-corrected chi connectivity index (χ3v) is 7.46. The first-order valence-corrected chi connectivity index (χ1v) is 12.6. The third kappa shape index (κ3) is 4.66. The lowest BCUT2D eigenvalue weighted by molar-refractivity contribution is 0.0583. The second-order valence-electron chi connectivity index (χ2n) is 8.84. The average Bonchev–Trinajstić information content (AvgIpc) is 3.47. The molecule has 36 heavy (non-hydrogen) atoms. The molecule has 2 aromatic heterocycles. The maximum absolute atomic E-state index is 14.4. The van der Waals surface area contributed by atoms with Gasteiger partial charge in [-0.25, -0.2) is 9.18 Å². The number of rotatable bonds is 5. The van der Waals surface area contributed by atoms with Crippen LogP contribution in [-0.2, 0) is 6.54 Å². The summed E-state index contributed by atoms with van der Waals surface area (Å²) in [6.45, 7) is 3.43. The van der Waals surface area contributed by atoms with Crippen LogP contribution < -0.4 is 10.1 Å². The number of nitrogens with zero attached hydrogens (tertiary/aromatic N) is 3. The van der Waals surface area contributed by atoms with Gasteiger partial charge in [-0.1, -0.05) is 24.3 Å². The van der Waals surface area contributed by atoms with Crippen molar-refractivity contribution >= 4 is 39.2 Å². The molecule has 0 spiro atoms. The van der Waals surface area contributed by atoms with Gasteiger partial charge in [-0.15, -0.1) is 11.3 Å². The topological polar surface area (TPSA) is 66.8 Å². The molecule has 9 heteroatoms. The molecule has 1 atom stereocenters. The van der Waals surface area contributed by atoms with Crippen LogP contribution in [0.2, 0.25) is 0 Å². The summed E-state index contributed by atoms with van der Waals surface area (Å²) in [6.07, 6.45) is 0. The number of carbonyl (C=O) groups excluding carboxylic acids is 2. The predicted molar refractivity (Wildman–Crippen MR) is 139 cm³/mol. The molecule has 0 aliphatic carbocycles. The van der Waals surface area contributed by atoms with E-state index < -0.39 is 0 Å². The number of urea groups is 1. The summed E-state index contributed by atoms with van der Waals surface area (Å²) in [5, 5.41) is 5.85. The summed E-state index contributed by atoms with van der Waals surface area (Å²) in [7, 11) is 1.58. The van der Waals surface area contributed by atoms with E-state index >= 15 is 0 Å². The summed E-state index contributed by atoms with van der Waals surface area (Å²) in [5.74, 6) is 0.252. The van der Waals surface area contributed by atoms with E-state index in [0.717, 1.165) is 10.2 Å². The van der Waals surface area contributed by atoms with Gasteiger partial charge in [0.15, 0.2) is 0 Å². The maximum atomic E-state index is 14.4. The van der Waals surface area contributed by atoms with Gasteiger partial charge in [-0.05, 0) is 42.6 Å². The van der Waals surface area contributed by atoms with Gasteiger partial charge in [0.1, 0.15) is 22.1 Å². The van der Waals surface area contributed by atoms with Gasteiger partial charge in [-0.3, -0.25) is 4.79 Å². The van der Waals surface area contributed by atoms with Gasteiger partial charge in [-0.2, -0.15) is 0 Å². The minimum Gasteiger partial charge on any atom is -0.497 e. The van der Waals surface area contributed by atoms with Gasteiger partial charge in [0.2, 0.25) is 0 Å². The SMILES string of the molecule is COc1cccc(NC(=O)N2CCN(C(=O)c3cc4ccsc4n3Cc3ccccc3F)C[C@@H]2C)c1. The molecule has 1 aliphatic rings. The van der Waals surface area contributed by atoms with Gasteiger partial charge < -0.3 is 24.4 Å². The summed E-state index contributed by atoms with van der Waals surface area (Å²) in [6, 6.07) is 17.3. The van der Waals surface area contributed by atoms with E-state index in [2.05, 4.69) is 5.32 Å². The summed E-state index contributed by atoms with van der Waals surface area (Å²) in [5.41, 5.74) is 1.71. The molecule has 1 N–H and O–H groups in total. The molecular weight excluding hydrogens is 479 g/mol. The minimum atomic E-state index is -0.293. The zero-order valence-electron chi connectivity index (χ0n) is 20.1. The van der Waals surface area contributed by atoms with Gasteiger partial charge in [0.05, 0.1) is 13.7 Å². The number of nitrogens with one attached hydrogen (secondary N) is 1. The Bertz CT molecular complexity index is 1420. The van der Waals surface area contributed by atoms with E-state index in [0.29, 0.717) is 42.3 Å². The molecular formula is C27H27FN4O3S.